The standard InChI is InChI=1S/C16H11BrClF3N2/c17-13-4-3-12-14(22-13)15(6-16(20,21)7-15)8-23(12)9-1-2-10(18)11(19)5-9/h1-5H,6-8H2. The number of hydrogen-bond acceptors (Lipinski definition) is 2. The van der Waals surface area contributed by atoms with Gasteiger partial charge in [0.05, 0.1) is 16.4 Å². The van der Waals surface area contributed by atoms with Gasteiger partial charge >= 0.3 is 0 Å². The molecule has 120 valence electrons. The van der Waals surface area contributed by atoms with Gasteiger partial charge in [0.1, 0.15) is 10.4 Å². The fraction of sp³-hybridized carbons (Fsp3) is 0.312. The highest BCUT2D eigenvalue weighted by molar-refractivity contribution is 9.10. The lowest BCUT2D eigenvalue weighted by atomic mass is 9.65. The van der Waals surface area contributed by atoms with E-state index in [4.69, 9.17) is 11.6 Å². The number of alkyl halides is 2. The second kappa shape index (κ2) is 4.86. The Labute approximate surface area is 144 Å². The second-order valence-corrected chi connectivity index (χ2v) is 7.40. The van der Waals surface area contributed by atoms with Crippen LogP contribution in [0.5, 0.6) is 0 Å². The molecule has 4 rings (SSSR count). The fourth-order valence-electron chi connectivity index (χ4n) is 3.60. The molecule has 1 aromatic carbocycles. The van der Waals surface area contributed by atoms with Crippen molar-refractivity contribution in [1.29, 1.82) is 0 Å². The number of nitrogens with zero attached hydrogens (tertiary/aromatic N) is 2. The average Bonchev–Trinajstić information content (AvgIpc) is 2.75. The minimum absolute atomic E-state index is 0.0343. The molecule has 1 fully saturated rings. The van der Waals surface area contributed by atoms with Crippen LogP contribution in [-0.4, -0.2) is 17.5 Å². The Morgan fingerprint density at radius 2 is 1.91 bits per heavy atom. The van der Waals surface area contributed by atoms with Crippen molar-refractivity contribution in [3.8, 4) is 0 Å². The topological polar surface area (TPSA) is 16.1 Å². The maximum atomic E-state index is 13.8. The molecule has 1 aliphatic carbocycles. The number of halogens is 5. The summed E-state index contributed by atoms with van der Waals surface area (Å²) in [5, 5.41) is 0.0343. The van der Waals surface area contributed by atoms with Gasteiger partial charge in [-0.05, 0) is 46.3 Å². The van der Waals surface area contributed by atoms with Crippen LogP contribution in [-0.2, 0) is 5.41 Å². The van der Waals surface area contributed by atoms with Crippen molar-refractivity contribution in [2.24, 2.45) is 0 Å². The number of aromatic nitrogens is 1. The van der Waals surface area contributed by atoms with E-state index in [1.54, 1.807) is 12.1 Å². The van der Waals surface area contributed by atoms with Crippen molar-refractivity contribution in [1.82, 2.24) is 4.98 Å². The first kappa shape index (κ1) is 15.3. The van der Waals surface area contributed by atoms with Crippen molar-refractivity contribution in [3.63, 3.8) is 0 Å². The SMILES string of the molecule is Fc1cc(N2CC3(CC(F)(F)C3)c3nc(Br)ccc32)ccc1Cl. The third kappa shape index (κ3) is 2.34. The smallest absolute Gasteiger partial charge is 0.250 e. The molecule has 0 atom stereocenters. The summed E-state index contributed by atoms with van der Waals surface area (Å²) in [6.45, 7) is 0.364. The van der Waals surface area contributed by atoms with Gasteiger partial charge in [0.15, 0.2) is 0 Å². The van der Waals surface area contributed by atoms with Crippen molar-refractivity contribution < 1.29 is 13.2 Å². The highest BCUT2D eigenvalue weighted by atomic mass is 79.9. The van der Waals surface area contributed by atoms with Crippen LogP contribution in [0.1, 0.15) is 18.5 Å². The predicted octanol–water partition coefficient (Wildman–Crippen LogP) is 5.46. The van der Waals surface area contributed by atoms with E-state index in [2.05, 4.69) is 20.9 Å². The van der Waals surface area contributed by atoms with Crippen LogP contribution in [0.4, 0.5) is 24.5 Å². The van der Waals surface area contributed by atoms with E-state index < -0.39 is 17.2 Å². The zero-order chi connectivity index (χ0) is 16.4. The van der Waals surface area contributed by atoms with Gasteiger partial charge in [-0.3, -0.25) is 0 Å². The maximum Gasteiger partial charge on any atom is 0.250 e. The number of anilines is 2. The zero-order valence-corrected chi connectivity index (χ0v) is 14.1. The largest absolute Gasteiger partial charge is 0.339 e. The fourth-order valence-corrected chi connectivity index (χ4v) is 4.03. The molecule has 0 saturated heterocycles. The highest BCUT2D eigenvalue weighted by Crippen LogP contribution is 2.59. The van der Waals surface area contributed by atoms with Crippen LogP contribution in [0.2, 0.25) is 5.02 Å². The molecule has 2 aliphatic rings. The van der Waals surface area contributed by atoms with E-state index in [-0.39, 0.29) is 17.9 Å². The molecule has 1 spiro atoms. The van der Waals surface area contributed by atoms with Crippen LogP contribution in [0.25, 0.3) is 0 Å². The monoisotopic (exact) mass is 402 g/mol. The summed E-state index contributed by atoms with van der Waals surface area (Å²) in [4.78, 5) is 6.27. The zero-order valence-electron chi connectivity index (χ0n) is 11.8. The third-order valence-corrected chi connectivity index (χ3v) is 5.25. The van der Waals surface area contributed by atoms with Gasteiger partial charge in [-0.25, -0.2) is 18.2 Å². The Kier molecular flexibility index (Phi) is 3.23. The summed E-state index contributed by atoms with van der Waals surface area (Å²) in [7, 11) is 0. The molecular formula is C16H11BrClF3N2. The molecule has 1 aromatic heterocycles. The van der Waals surface area contributed by atoms with Gasteiger partial charge in [0.25, 0.3) is 0 Å². The molecule has 23 heavy (non-hydrogen) atoms. The molecular weight excluding hydrogens is 393 g/mol. The highest BCUT2D eigenvalue weighted by Gasteiger charge is 2.62. The molecule has 0 N–H and O–H groups in total. The molecule has 0 amide bonds. The van der Waals surface area contributed by atoms with Gasteiger partial charge in [-0.1, -0.05) is 11.6 Å². The Bertz CT molecular complexity index is 804. The lowest BCUT2D eigenvalue weighted by Gasteiger charge is -2.44. The Morgan fingerprint density at radius 1 is 1.17 bits per heavy atom. The number of benzene rings is 1. The van der Waals surface area contributed by atoms with Crippen molar-refractivity contribution in [2.75, 3.05) is 11.4 Å². The van der Waals surface area contributed by atoms with Gasteiger partial charge < -0.3 is 4.90 Å². The number of fused-ring (bicyclic) bond motifs is 2. The summed E-state index contributed by atoms with van der Waals surface area (Å²) in [6, 6.07) is 8.06. The average molecular weight is 404 g/mol. The van der Waals surface area contributed by atoms with Gasteiger partial charge in [0.2, 0.25) is 5.92 Å². The van der Waals surface area contributed by atoms with Crippen molar-refractivity contribution in [2.45, 2.75) is 24.2 Å². The summed E-state index contributed by atoms with van der Waals surface area (Å²) in [5.41, 5.74) is 1.29. The van der Waals surface area contributed by atoms with Crippen molar-refractivity contribution >= 4 is 38.9 Å². The van der Waals surface area contributed by atoms with E-state index in [9.17, 15) is 13.2 Å². The molecule has 0 radical (unpaired) electrons. The Morgan fingerprint density at radius 3 is 2.57 bits per heavy atom. The normalized spacial score (nSPS) is 20.5. The molecule has 0 bridgehead atoms. The van der Waals surface area contributed by atoms with E-state index in [1.165, 1.54) is 12.1 Å². The van der Waals surface area contributed by atoms with Crippen LogP contribution in [0.3, 0.4) is 0 Å². The Balaban J connectivity index is 1.80. The van der Waals surface area contributed by atoms with Crippen LogP contribution >= 0.6 is 27.5 Å². The van der Waals surface area contributed by atoms with Gasteiger partial charge in [-0.15, -0.1) is 0 Å². The summed E-state index contributed by atoms with van der Waals surface area (Å²) < 4.78 is 41.5. The van der Waals surface area contributed by atoms with Gasteiger partial charge in [0, 0.05) is 30.5 Å². The minimum Gasteiger partial charge on any atom is -0.339 e. The van der Waals surface area contributed by atoms with Crippen molar-refractivity contribution in [3.05, 3.63) is 51.5 Å². The Hall–Kier alpha value is -1.27. The third-order valence-electron chi connectivity index (χ3n) is 4.50. The lowest BCUT2D eigenvalue weighted by Crippen LogP contribution is -2.51. The number of hydrogen-bond donors (Lipinski definition) is 0. The first-order valence-electron chi connectivity index (χ1n) is 7.07. The van der Waals surface area contributed by atoms with Crippen LogP contribution in [0.15, 0.2) is 34.9 Å². The maximum absolute atomic E-state index is 13.8. The van der Waals surface area contributed by atoms with E-state index in [1.807, 2.05) is 11.0 Å². The molecule has 2 heterocycles. The predicted molar refractivity (Wildman–Crippen MR) is 86.2 cm³/mol. The second-order valence-electron chi connectivity index (χ2n) is 6.18. The minimum atomic E-state index is -2.66. The van der Waals surface area contributed by atoms with E-state index in [0.717, 1.165) is 5.69 Å². The number of pyridine rings is 1. The van der Waals surface area contributed by atoms with Crippen LogP contribution < -0.4 is 4.90 Å². The molecule has 7 heteroatoms. The summed E-state index contributed by atoms with van der Waals surface area (Å²) in [6.07, 6.45) is -0.466. The van der Waals surface area contributed by atoms with Gasteiger partial charge in [-0.2, -0.15) is 0 Å². The van der Waals surface area contributed by atoms with E-state index >= 15 is 0 Å². The van der Waals surface area contributed by atoms with E-state index in [0.29, 0.717) is 22.5 Å². The van der Waals surface area contributed by atoms with Crippen LogP contribution in [0, 0.1) is 5.82 Å². The quantitative estimate of drug-likeness (QED) is 0.588. The summed E-state index contributed by atoms with van der Waals surface area (Å²) in [5.74, 6) is -3.20. The molecule has 0 unspecified atom stereocenters. The molecule has 1 aliphatic heterocycles. The molecule has 2 aromatic rings. The summed E-state index contributed by atoms with van der Waals surface area (Å²) >= 11 is 9.03. The first-order chi connectivity index (χ1) is 10.8. The molecule has 2 nitrogen and oxygen atoms in total. The molecule has 1 saturated carbocycles. The first-order valence-corrected chi connectivity index (χ1v) is 8.24. The lowest BCUT2D eigenvalue weighted by molar-refractivity contribution is -0.122. The number of rotatable bonds is 1.